The molecule has 88 valence electrons. The van der Waals surface area contributed by atoms with Crippen LogP contribution in [-0.4, -0.2) is 33.0 Å². The Labute approximate surface area is 96.8 Å². The van der Waals surface area contributed by atoms with Crippen LogP contribution in [0.5, 0.6) is 0 Å². The first-order valence-electron chi connectivity index (χ1n) is 5.81. The van der Waals surface area contributed by atoms with E-state index in [0.29, 0.717) is 6.61 Å². The molecule has 1 N–H and O–H groups in total. The molecule has 0 amide bonds. The predicted molar refractivity (Wildman–Crippen MR) is 63.4 cm³/mol. The van der Waals surface area contributed by atoms with E-state index in [1.807, 2.05) is 13.1 Å². The highest BCUT2D eigenvalue weighted by Crippen LogP contribution is 2.15. The van der Waals surface area contributed by atoms with E-state index < -0.39 is 0 Å². The highest BCUT2D eigenvalue weighted by molar-refractivity contribution is 5.18. The molecular formula is C13H19NO2. The van der Waals surface area contributed by atoms with Crippen LogP contribution < -0.4 is 5.32 Å². The third kappa shape index (κ3) is 3.04. The zero-order valence-electron chi connectivity index (χ0n) is 9.69. The molecule has 16 heavy (non-hydrogen) atoms. The Kier molecular flexibility index (Phi) is 4.34. The molecule has 0 bridgehead atoms. The van der Waals surface area contributed by atoms with Gasteiger partial charge < -0.3 is 14.8 Å². The molecule has 0 radical (unpaired) electrons. The van der Waals surface area contributed by atoms with Gasteiger partial charge in [-0.05, 0) is 19.0 Å². The van der Waals surface area contributed by atoms with Gasteiger partial charge >= 0.3 is 0 Å². The van der Waals surface area contributed by atoms with Gasteiger partial charge in [-0.15, -0.1) is 0 Å². The Bertz CT molecular complexity index is 296. The SMILES string of the molecule is CNC(COC1CCOC1)c1ccccc1. The molecule has 0 aromatic heterocycles. The van der Waals surface area contributed by atoms with Crippen LogP contribution in [0, 0.1) is 0 Å². The largest absolute Gasteiger partial charge is 0.379 e. The van der Waals surface area contributed by atoms with Crippen molar-refractivity contribution in [2.24, 2.45) is 0 Å². The fourth-order valence-electron chi connectivity index (χ4n) is 1.91. The van der Waals surface area contributed by atoms with Gasteiger partial charge in [0.2, 0.25) is 0 Å². The first-order valence-corrected chi connectivity index (χ1v) is 5.81. The summed E-state index contributed by atoms with van der Waals surface area (Å²) in [5.41, 5.74) is 1.27. The molecule has 2 rings (SSSR count). The summed E-state index contributed by atoms with van der Waals surface area (Å²) in [5, 5.41) is 3.28. The molecule has 0 spiro atoms. The summed E-state index contributed by atoms with van der Waals surface area (Å²) in [7, 11) is 1.96. The van der Waals surface area contributed by atoms with E-state index in [4.69, 9.17) is 9.47 Å². The second-order valence-electron chi connectivity index (χ2n) is 4.07. The van der Waals surface area contributed by atoms with Crippen LogP contribution in [0.3, 0.4) is 0 Å². The van der Waals surface area contributed by atoms with Gasteiger partial charge in [0.1, 0.15) is 0 Å². The summed E-state index contributed by atoms with van der Waals surface area (Å²) in [6, 6.07) is 10.6. The molecule has 1 aromatic rings. The number of rotatable bonds is 5. The van der Waals surface area contributed by atoms with Crippen molar-refractivity contribution in [2.45, 2.75) is 18.6 Å². The molecule has 1 aromatic carbocycles. The molecule has 1 fully saturated rings. The Balaban J connectivity index is 1.85. The summed E-state index contributed by atoms with van der Waals surface area (Å²) in [4.78, 5) is 0. The molecule has 2 unspecified atom stereocenters. The zero-order valence-corrected chi connectivity index (χ0v) is 9.69. The molecule has 1 aliphatic heterocycles. The van der Waals surface area contributed by atoms with E-state index in [1.165, 1.54) is 5.56 Å². The first-order chi connectivity index (χ1) is 7.90. The number of hydrogen-bond donors (Lipinski definition) is 1. The van der Waals surface area contributed by atoms with Crippen LogP contribution in [0.1, 0.15) is 18.0 Å². The summed E-state index contributed by atoms with van der Waals surface area (Å²) < 4.78 is 11.1. The summed E-state index contributed by atoms with van der Waals surface area (Å²) in [6.45, 7) is 2.28. The summed E-state index contributed by atoms with van der Waals surface area (Å²) in [6.07, 6.45) is 1.30. The van der Waals surface area contributed by atoms with Crippen LogP contribution >= 0.6 is 0 Å². The van der Waals surface area contributed by atoms with E-state index in [0.717, 1.165) is 19.6 Å². The smallest absolute Gasteiger partial charge is 0.0831 e. The Morgan fingerprint density at radius 3 is 2.88 bits per heavy atom. The summed E-state index contributed by atoms with van der Waals surface area (Å²) >= 11 is 0. The Morgan fingerprint density at radius 1 is 1.44 bits per heavy atom. The Morgan fingerprint density at radius 2 is 2.25 bits per heavy atom. The van der Waals surface area contributed by atoms with Crippen LogP contribution in [0.2, 0.25) is 0 Å². The van der Waals surface area contributed by atoms with Gasteiger partial charge in [-0.3, -0.25) is 0 Å². The third-order valence-corrected chi connectivity index (χ3v) is 2.94. The van der Waals surface area contributed by atoms with Crippen molar-refractivity contribution < 1.29 is 9.47 Å². The van der Waals surface area contributed by atoms with Crippen LogP contribution in [0.25, 0.3) is 0 Å². The average Bonchev–Trinajstić information content (AvgIpc) is 2.84. The highest BCUT2D eigenvalue weighted by atomic mass is 16.5. The minimum Gasteiger partial charge on any atom is -0.379 e. The van der Waals surface area contributed by atoms with Gasteiger partial charge in [-0.25, -0.2) is 0 Å². The molecule has 1 aliphatic rings. The fourth-order valence-corrected chi connectivity index (χ4v) is 1.91. The number of hydrogen-bond acceptors (Lipinski definition) is 3. The van der Waals surface area contributed by atoms with Crippen molar-refractivity contribution in [3.05, 3.63) is 35.9 Å². The monoisotopic (exact) mass is 221 g/mol. The molecular weight excluding hydrogens is 202 g/mol. The van der Waals surface area contributed by atoms with E-state index in [-0.39, 0.29) is 12.1 Å². The van der Waals surface area contributed by atoms with Crippen molar-refractivity contribution in [2.75, 3.05) is 26.9 Å². The van der Waals surface area contributed by atoms with Crippen molar-refractivity contribution in [1.29, 1.82) is 0 Å². The van der Waals surface area contributed by atoms with Crippen LogP contribution in [0.4, 0.5) is 0 Å². The van der Waals surface area contributed by atoms with E-state index >= 15 is 0 Å². The molecule has 2 atom stereocenters. The fraction of sp³-hybridized carbons (Fsp3) is 0.538. The molecule has 0 aliphatic carbocycles. The normalized spacial score (nSPS) is 22.2. The second-order valence-corrected chi connectivity index (χ2v) is 4.07. The average molecular weight is 221 g/mol. The van der Waals surface area contributed by atoms with Crippen LogP contribution in [-0.2, 0) is 9.47 Å². The maximum atomic E-state index is 5.82. The lowest BCUT2D eigenvalue weighted by Crippen LogP contribution is -2.25. The number of nitrogens with one attached hydrogen (secondary N) is 1. The third-order valence-electron chi connectivity index (χ3n) is 2.94. The zero-order chi connectivity index (χ0) is 11.2. The predicted octanol–water partition coefficient (Wildman–Crippen LogP) is 1.75. The van der Waals surface area contributed by atoms with Crippen molar-refractivity contribution in [3.8, 4) is 0 Å². The van der Waals surface area contributed by atoms with Gasteiger partial charge in [0.15, 0.2) is 0 Å². The van der Waals surface area contributed by atoms with Gasteiger partial charge in [0, 0.05) is 6.61 Å². The Hall–Kier alpha value is -0.900. The lowest BCUT2D eigenvalue weighted by Gasteiger charge is -2.19. The lowest BCUT2D eigenvalue weighted by molar-refractivity contribution is 0.0308. The van der Waals surface area contributed by atoms with Gasteiger partial charge in [-0.1, -0.05) is 30.3 Å². The van der Waals surface area contributed by atoms with Crippen molar-refractivity contribution in [1.82, 2.24) is 5.32 Å². The summed E-state index contributed by atoms with van der Waals surface area (Å²) in [5.74, 6) is 0. The maximum absolute atomic E-state index is 5.82. The standard InChI is InChI=1S/C13H19NO2/c1-14-13(11-5-3-2-4-6-11)10-16-12-7-8-15-9-12/h2-6,12-14H,7-10H2,1H3. The van der Waals surface area contributed by atoms with E-state index in [2.05, 4.69) is 29.6 Å². The first kappa shape index (κ1) is 11.6. The highest BCUT2D eigenvalue weighted by Gasteiger charge is 2.18. The second kappa shape index (κ2) is 5.99. The van der Waals surface area contributed by atoms with Gasteiger partial charge in [-0.2, -0.15) is 0 Å². The molecule has 3 nitrogen and oxygen atoms in total. The van der Waals surface area contributed by atoms with Crippen molar-refractivity contribution >= 4 is 0 Å². The number of benzene rings is 1. The lowest BCUT2D eigenvalue weighted by atomic mass is 10.1. The van der Waals surface area contributed by atoms with Crippen molar-refractivity contribution in [3.63, 3.8) is 0 Å². The maximum Gasteiger partial charge on any atom is 0.0831 e. The minimum absolute atomic E-state index is 0.266. The topological polar surface area (TPSA) is 30.5 Å². The van der Waals surface area contributed by atoms with E-state index in [9.17, 15) is 0 Å². The van der Waals surface area contributed by atoms with Crippen LogP contribution in [0.15, 0.2) is 30.3 Å². The molecule has 3 heteroatoms. The number of ether oxygens (including phenoxy) is 2. The van der Waals surface area contributed by atoms with Gasteiger partial charge in [0.25, 0.3) is 0 Å². The molecule has 1 heterocycles. The quantitative estimate of drug-likeness (QED) is 0.821. The molecule has 0 saturated carbocycles. The number of likely N-dealkylation sites (N-methyl/N-ethyl adjacent to an activating group) is 1. The van der Waals surface area contributed by atoms with Gasteiger partial charge in [0.05, 0.1) is 25.4 Å². The minimum atomic E-state index is 0.266. The van der Waals surface area contributed by atoms with E-state index in [1.54, 1.807) is 0 Å². The molecule has 1 saturated heterocycles.